The van der Waals surface area contributed by atoms with Crippen molar-refractivity contribution in [2.45, 2.75) is 67.8 Å². The molecule has 0 fully saturated rings. The average molecular weight is 1110 g/mol. The van der Waals surface area contributed by atoms with Crippen LogP contribution < -0.4 is 20.7 Å². The molecule has 0 nitrogen and oxygen atoms in total. The zero-order valence-electron chi connectivity index (χ0n) is 28.7. The van der Waals surface area contributed by atoms with Crippen LogP contribution in [0, 0.1) is 0 Å². The molecule has 0 amide bonds. The van der Waals surface area contributed by atoms with Crippen LogP contribution in [0.2, 0.25) is 0 Å². The highest BCUT2D eigenvalue weighted by molar-refractivity contribution is 14.1. The maximum absolute atomic E-state index is 16.0. The Morgan fingerprint density at radius 3 is 0.690 bits per heavy atom. The van der Waals surface area contributed by atoms with E-state index in [4.69, 9.17) is 0 Å². The predicted octanol–water partition coefficient (Wildman–Crippen LogP) is 11.0. The van der Waals surface area contributed by atoms with Crippen molar-refractivity contribution in [2.24, 2.45) is 0 Å². The second-order valence-electron chi connectivity index (χ2n) is 13.1. The van der Waals surface area contributed by atoms with Crippen molar-refractivity contribution >= 4 is 81.1 Å². The molecule has 0 aliphatic carbocycles. The van der Waals surface area contributed by atoms with E-state index in [9.17, 15) is 43.9 Å². The first-order valence-corrected chi connectivity index (χ1v) is 24.0. The SMILES string of the molecule is FC(F)(F)C(F)(F)C(F)(F)C(F)(F)CC(I)[Si](c1ccccc1)(c1ccccc1)[Si](c1ccccc1)(c1ccccc1)C(I)CC(F)(F)C(F)(F)C(F)(F)C(F)(F)F. The van der Waals surface area contributed by atoms with Crippen LogP contribution in [-0.4, -0.2) is 70.2 Å². The molecule has 0 aliphatic heterocycles. The molecule has 22 heteroatoms. The molecule has 0 saturated carbocycles. The lowest BCUT2D eigenvalue weighted by Crippen LogP contribution is -2.92. The molecule has 58 heavy (non-hydrogen) atoms. The standard InChI is InChI=1S/C36H26F18I2Si2/c37-29(38,31(41,42)33(45,46)35(49,50)51)21-27(55)57(23-13-5-1-6-14-23,24-15-7-2-8-16-24)58(25-17-9-3-10-18-25,26-19-11-4-12-20-26)28(56)22-30(39,40)32(43,44)34(47,48)36(52,53)54/h1-20,27-28H,21-22H2. The van der Waals surface area contributed by atoms with Crippen molar-refractivity contribution in [1.82, 2.24) is 0 Å². The van der Waals surface area contributed by atoms with Gasteiger partial charge in [0.05, 0.1) is 0 Å². The summed E-state index contributed by atoms with van der Waals surface area (Å²) in [5, 5.41) is -0.670. The summed E-state index contributed by atoms with van der Waals surface area (Å²) < 4.78 is 257. The van der Waals surface area contributed by atoms with E-state index in [1.54, 1.807) is 0 Å². The Balaban J connectivity index is 2.27. The van der Waals surface area contributed by atoms with Gasteiger partial charge in [0.15, 0.2) is 0 Å². The Labute approximate surface area is 347 Å². The molecule has 2 atom stereocenters. The lowest BCUT2D eigenvalue weighted by atomic mass is 10.0. The molecule has 2 unspecified atom stereocenters. The third-order valence-electron chi connectivity index (χ3n) is 9.77. The summed E-state index contributed by atoms with van der Waals surface area (Å²) in [5.41, 5.74) is 0. The van der Waals surface area contributed by atoms with E-state index in [1.165, 1.54) is 121 Å². The first-order valence-electron chi connectivity index (χ1n) is 16.3. The predicted molar refractivity (Wildman–Crippen MR) is 202 cm³/mol. The number of hydrogen-bond donors (Lipinski definition) is 0. The van der Waals surface area contributed by atoms with Gasteiger partial charge in [0, 0.05) is 19.9 Å². The molecule has 0 bridgehead atoms. The van der Waals surface area contributed by atoms with E-state index in [1.807, 2.05) is 0 Å². The minimum Gasteiger partial charge on any atom is -0.200 e. The maximum atomic E-state index is 16.0. The number of alkyl halides is 20. The quantitative estimate of drug-likeness (QED) is 0.0482. The smallest absolute Gasteiger partial charge is 0.200 e. The minimum atomic E-state index is -7.35. The van der Waals surface area contributed by atoms with Gasteiger partial charge in [-0.2, -0.15) is 79.0 Å². The van der Waals surface area contributed by atoms with Crippen LogP contribution in [0.4, 0.5) is 79.0 Å². The molecule has 4 aromatic rings. The van der Waals surface area contributed by atoms with Gasteiger partial charge in [-0.25, -0.2) is 0 Å². The largest absolute Gasteiger partial charge is 0.460 e. The van der Waals surface area contributed by atoms with Crippen LogP contribution in [0.5, 0.6) is 0 Å². The molecule has 0 saturated heterocycles. The fourth-order valence-electron chi connectivity index (χ4n) is 7.09. The van der Waals surface area contributed by atoms with E-state index in [2.05, 4.69) is 0 Å². The van der Waals surface area contributed by atoms with E-state index in [0.717, 1.165) is 45.2 Å². The van der Waals surface area contributed by atoms with Crippen molar-refractivity contribution in [2.75, 3.05) is 0 Å². The van der Waals surface area contributed by atoms with Crippen molar-refractivity contribution < 1.29 is 79.0 Å². The van der Waals surface area contributed by atoms with Crippen molar-refractivity contribution in [3.05, 3.63) is 121 Å². The summed E-state index contributed by atoms with van der Waals surface area (Å²) in [6, 6.07) is 24.8. The number of rotatable bonds is 15. The minimum absolute atomic E-state index is 0.168. The second-order valence-corrected chi connectivity index (χ2v) is 30.2. The van der Waals surface area contributed by atoms with Crippen LogP contribution in [-0.2, 0) is 0 Å². The first kappa shape index (κ1) is 48.2. The second kappa shape index (κ2) is 16.4. The molecule has 0 spiro atoms. The number of hydrogen-bond acceptors (Lipinski definition) is 0. The summed E-state index contributed by atoms with van der Waals surface area (Å²) in [6.07, 6.45) is -19.5. The van der Waals surface area contributed by atoms with Crippen LogP contribution in [0.1, 0.15) is 12.8 Å². The topological polar surface area (TPSA) is 0 Å². The van der Waals surface area contributed by atoms with Gasteiger partial charge in [0.1, 0.15) is 15.2 Å². The highest BCUT2D eigenvalue weighted by Gasteiger charge is 2.84. The molecule has 4 rings (SSSR count). The Bertz CT molecular complexity index is 1740. The zero-order chi connectivity index (χ0) is 44.0. The molecule has 0 N–H and O–H groups in total. The van der Waals surface area contributed by atoms with Gasteiger partial charge in [0.2, 0.25) is 0 Å². The Morgan fingerprint density at radius 2 is 0.517 bits per heavy atom. The van der Waals surface area contributed by atoms with E-state index in [-0.39, 0.29) is 20.7 Å². The summed E-state index contributed by atoms with van der Waals surface area (Å²) in [7, 11) is -10.4. The van der Waals surface area contributed by atoms with Gasteiger partial charge >= 0.3 is 47.9 Å². The van der Waals surface area contributed by atoms with Crippen LogP contribution in [0.15, 0.2) is 121 Å². The fraction of sp³-hybridized carbons (Fsp3) is 0.333. The normalized spacial score (nSPS) is 15.6. The number of halogens is 20. The lowest BCUT2D eigenvalue weighted by Gasteiger charge is -2.55. The van der Waals surface area contributed by atoms with Gasteiger partial charge < -0.3 is 0 Å². The Kier molecular flexibility index (Phi) is 13.6. The lowest BCUT2D eigenvalue weighted by molar-refractivity contribution is -0.396. The third-order valence-corrected chi connectivity index (χ3v) is 37.6. The van der Waals surface area contributed by atoms with Crippen LogP contribution in [0.3, 0.4) is 0 Å². The monoisotopic (exact) mass is 1110 g/mol. The summed E-state index contributed by atoms with van der Waals surface area (Å²) in [4.78, 5) is 0. The van der Waals surface area contributed by atoms with E-state index >= 15 is 35.1 Å². The third kappa shape index (κ3) is 7.69. The highest BCUT2D eigenvalue weighted by Crippen LogP contribution is 2.57. The molecular formula is C36H26F18I2Si2. The van der Waals surface area contributed by atoms with Gasteiger partial charge in [-0.3, -0.25) is 0 Å². The van der Waals surface area contributed by atoms with Crippen molar-refractivity contribution in [1.29, 1.82) is 0 Å². The summed E-state index contributed by atoms with van der Waals surface area (Å²) >= 11 is 2.23. The van der Waals surface area contributed by atoms with Gasteiger partial charge in [-0.05, 0) is 0 Å². The molecular weight excluding hydrogens is 1080 g/mol. The highest BCUT2D eigenvalue weighted by atomic mass is 127. The van der Waals surface area contributed by atoms with Gasteiger partial charge in [0.25, 0.3) is 0 Å². The van der Waals surface area contributed by atoms with Crippen molar-refractivity contribution in [3.8, 4) is 0 Å². The molecule has 4 aromatic carbocycles. The fourth-order valence-corrected chi connectivity index (χ4v) is 41.3. The van der Waals surface area contributed by atoms with Gasteiger partial charge in [-0.15, -0.1) is 0 Å². The van der Waals surface area contributed by atoms with Crippen LogP contribution in [0.25, 0.3) is 0 Å². The molecule has 318 valence electrons. The van der Waals surface area contributed by atoms with Crippen molar-refractivity contribution in [3.63, 3.8) is 0 Å². The summed E-state index contributed by atoms with van der Waals surface area (Å²) in [6.45, 7) is 0. The molecule has 0 aromatic heterocycles. The van der Waals surface area contributed by atoms with Crippen LogP contribution >= 0.6 is 45.2 Å². The maximum Gasteiger partial charge on any atom is 0.460 e. The Morgan fingerprint density at radius 1 is 0.328 bits per heavy atom. The average Bonchev–Trinajstić information content (AvgIpc) is 3.13. The Hall–Kier alpha value is -2.49. The first-order chi connectivity index (χ1) is 26.4. The van der Waals surface area contributed by atoms with Gasteiger partial charge in [-0.1, -0.05) is 187 Å². The number of benzene rings is 4. The molecule has 0 heterocycles. The zero-order valence-corrected chi connectivity index (χ0v) is 35.0. The molecule has 0 aliphatic rings. The summed E-state index contributed by atoms with van der Waals surface area (Å²) in [5.74, 6) is -41.6. The van der Waals surface area contributed by atoms with E-state index in [0.29, 0.717) is 0 Å². The van der Waals surface area contributed by atoms with E-state index < -0.39 is 83.0 Å². The molecule has 0 radical (unpaired) electrons.